The van der Waals surface area contributed by atoms with E-state index in [0.717, 1.165) is 38.7 Å². The first-order chi connectivity index (χ1) is 16.1. The van der Waals surface area contributed by atoms with E-state index >= 15 is 0 Å². The number of hydrogen-bond acceptors (Lipinski definition) is 4. The second-order valence-electron chi connectivity index (χ2n) is 8.76. The van der Waals surface area contributed by atoms with Crippen molar-refractivity contribution in [3.05, 3.63) is 86.0 Å². The zero-order valence-electron chi connectivity index (χ0n) is 19.9. The molecule has 2 amide bonds. The Kier molecular flexibility index (Phi) is 6.15. The SMILES string of the molecule is Cc1ccc(-c2csc(NC(=O)C(C)n3c(=O)cc(C)c4cc(C)cc(C)c43)c2C(N)=O)cc1. The zero-order valence-corrected chi connectivity index (χ0v) is 20.7. The van der Waals surface area contributed by atoms with E-state index in [0.29, 0.717) is 10.6 Å². The van der Waals surface area contributed by atoms with Crippen LogP contribution in [0.25, 0.3) is 22.0 Å². The fraction of sp³-hybridized carbons (Fsp3) is 0.222. The lowest BCUT2D eigenvalue weighted by molar-refractivity contribution is -0.118. The lowest BCUT2D eigenvalue weighted by Crippen LogP contribution is -2.32. The van der Waals surface area contributed by atoms with Crippen molar-refractivity contribution >= 4 is 39.1 Å². The summed E-state index contributed by atoms with van der Waals surface area (Å²) in [5.74, 6) is -1.02. The number of aryl methyl sites for hydroxylation is 4. The highest BCUT2D eigenvalue weighted by Crippen LogP contribution is 2.36. The molecule has 3 N–H and O–H groups in total. The number of benzene rings is 2. The first-order valence-corrected chi connectivity index (χ1v) is 11.9. The van der Waals surface area contributed by atoms with Crippen molar-refractivity contribution in [1.29, 1.82) is 0 Å². The third-order valence-corrected chi connectivity index (χ3v) is 6.99. The largest absolute Gasteiger partial charge is 0.365 e. The lowest BCUT2D eigenvalue weighted by Gasteiger charge is -2.20. The Morgan fingerprint density at radius 1 is 0.971 bits per heavy atom. The van der Waals surface area contributed by atoms with Crippen LogP contribution in [0, 0.1) is 27.7 Å². The summed E-state index contributed by atoms with van der Waals surface area (Å²) in [6.45, 7) is 9.51. The fourth-order valence-corrected chi connectivity index (χ4v) is 5.36. The third kappa shape index (κ3) is 4.15. The number of pyridine rings is 1. The van der Waals surface area contributed by atoms with Crippen LogP contribution in [-0.4, -0.2) is 16.4 Å². The highest BCUT2D eigenvalue weighted by Gasteiger charge is 2.24. The maximum Gasteiger partial charge on any atom is 0.252 e. The van der Waals surface area contributed by atoms with Crippen LogP contribution in [-0.2, 0) is 4.79 Å². The van der Waals surface area contributed by atoms with Crippen molar-refractivity contribution in [2.45, 2.75) is 40.7 Å². The molecule has 0 aliphatic carbocycles. The summed E-state index contributed by atoms with van der Waals surface area (Å²) in [4.78, 5) is 38.6. The zero-order chi connectivity index (χ0) is 24.7. The Hall–Kier alpha value is -3.71. The predicted molar refractivity (Wildman–Crippen MR) is 139 cm³/mol. The van der Waals surface area contributed by atoms with E-state index in [1.807, 2.05) is 69.5 Å². The maximum atomic E-state index is 13.3. The van der Waals surface area contributed by atoms with Crippen molar-refractivity contribution in [2.24, 2.45) is 5.73 Å². The van der Waals surface area contributed by atoms with Crippen LogP contribution in [0.15, 0.2) is 52.6 Å². The number of amides is 2. The molecule has 0 saturated carbocycles. The van der Waals surface area contributed by atoms with Gasteiger partial charge in [0.05, 0.1) is 11.1 Å². The third-order valence-electron chi connectivity index (χ3n) is 6.09. The standard InChI is InChI=1S/C27H27N3O3S/c1-14-6-8-19(9-7-14)21-13-34-27(23(21)25(28)32)29-26(33)18(5)30-22(31)12-16(3)20-11-15(2)10-17(4)24(20)30/h6-13,18H,1-5H3,(H2,28,32)(H,29,33). The molecule has 34 heavy (non-hydrogen) atoms. The van der Waals surface area contributed by atoms with Gasteiger partial charge in [0.2, 0.25) is 5.91 Å². The molecule has 6 nitrogen and oxygen atoms in total. The Balaban J connectivity index is 1.75. The van der Waals surface area contributed by atoms with Gasteiger partial charge in [0.25, 0.3) is 11.5 Å². The quantitative estimate of drug-likeness (QED) is 0.414. The highest BCUT2D eigenvalue weighted by molar-refractivity contribution is 7.15. The number of nitrogens with one attached hydrogen (secondary N) is 1. The van der Waals surface area contributed by atoms with Crippen LogP contribution in [0.2, 0.25) is 0 Å². The first-order valence-electron chi connectivity index (χ1n) is 11.0. The summed E-state index contributed by atoms with van der Waals surface area (Å²) in [7, 11) is 0. The Morgan fingerprint density at radius 3 is 2.29 bits per heavy atom. The first kappa shape index (κ1) is 23.4. The lowest BCUT2D eigenvalue weighted by atomic mass is 10.0. The number of carbonyl (C=O) groups excluding carboxylic acids is 2. The van der Waals surface area contributed by atoms with Crippen LogP contribution in [0.1, 0.15) is 45.6 Å². The molecule has 0 bridgehead atoms. The fourth-order valence-electron chi connectivity index (χ4n) is 4.38. The van der Waals surface area contributed by atoms with Crippen molar-refractivity contribution in [2.75, 3.05) is 5.32 Å². The van der Waals surface area contributed by atoms with Gasteiger partial charge >= 0.3 is 0 Å². The monoisotopic (exact) mass is 473 g/mol. The predicted octanol–water partition coefficient (Wildman–Crippen LogP) is 5.26. The van der Waals surface area contributed by atoms with E-state index in [4.69, 9.17) is 5.73 Å². The molecule has 0 spiro atoms. The number of carbonyl (C=O) groups is 2. The van der Waals surface area contributed by atoms with Crippen molar-refractivity contribution < 1.29 is 9.59 Å². The Labute approximate surface area is 202 Å². The van der Waals surface area contributed by atoms with Crippen LogP contribution in [0.4, 0.5) is 5.00 Å². The minimum Gasteiger partial charge on any atom is -0.365 e. The van der Waals surface area contributed by atoms with Crippen LogP contribution < -0.4 is 16.6 Å². The van der Waals surface area contributed by atoms with Crippen molar-refractivity contribution in [3.63, 3.8) is 0 Å². The van der Waals surface area contributed by atoms with Gasteiger partial charge in [-0.15, -0.1) is 11.3 Å². The number of rotatable bonds is 5. The molecular formula is C27H27N3O3S. The molecule has 4 aromatic rings. The van der Waals surface area contributed by atoms with Gasteiger partial charge in [0.1, 0.15) is 11.0 Å². The molecule has 4 rings (SSSR count). The van der Waals surface area contributed by atoms with Gasteiger partial charge in [0.15, 0.2) is 0 Å². The van der Waals surface area contributed by atoms with Crippen LogP contribution >= 0.6 is 11.3 Å². The van der Waals surface area contributed by atoms with E-state index < -0.39 is 17.9 Å². The number of primary amides is 1. The second-order valence-corrected chi connectivity index (χ2v) is 9.64. The molecule has 0 fully saturated rings. The maximum absolute atomic E-state index is 13.3. The topological polar surface area (TPSA) is 94.2 Å². The number of aromatic nitrogens is 1. The van der Waals surface area contributed by atoms with Crippen LogP contribution in [0.5, 0.6) is 0 Å². The number of nitrogens with zero attached hydrogens (tertiary/aromatic N) is 1. The van der Waals surface area contributed by atoms with E-state index in [2.05, 4.69) is 5.32 Å². The Morgan fingerprint density at radius 2 is 1.65 bits per heavy atom. The van der Waals surface area contributed by atoms with Crippen molar-refractivity contribution in [1.82, 2.24) is 4.57 Å². The smallest absolute Gasteiger partial charge is 0.252 e. The number of fused-ring (bicyclic) bond motifs is 1. The van der Waals surface area contributed by atoms with Crippen LogP contribution in [0.3, 0.4) is 0 Å². The molecule has 0 aliphatic rings. The summed E-state index contributed by atoms with van der Waals surface area (Å²) < 4.78 is 1.52. The molecule has 0 saturated heterocycles. The molecule has 2 aromatic carbocycles. The van der Waals surface area contributed by atoms with Gasteiger partial charge in [-0.1, -0.05) is 41.5 Å². The molecule has 174 valence electrons. The Bertz CT molecular complexity index is 1500. The molecule has 1 unspecified atom stereocenters. The number of nitrogens with two attached hydrogens (primary N) is 1. The van der Waals surface area contributed by atoms with Gasteiger partial charge in [-0.2, -0.15) is 0 Å². The molecule has 1 atom stereocenters. The number of hydrogen-bond donors (Lipinski definition) is 2. The second kappa shape index (κ2) is 8.91. The van der Waals surface area contributed by atoms with E-state index in [1.165, 1.54) is 15.9 Å². The average Bonchev–Trinajstić information content (AvgIpc) is 3.18. The average molecular weight is 474 g/mol. The summed E-state index contributed by atoms with van der Waals surface area (Å²) in [5, 5.41) is 5.97. The van der Waals surface area contributed by atoms with E-state index in [-0.39, 0.29) is 11.1 Å². The summed E-state index contributed by atoms with van der Waals surface area (Å²) >= 11 is 1.24. The minimum atomic E-state index is -0.803. The van der Waals surface area contributed by atoms with Crippen molar-refractivity contribution in [3.8, 4) is 11.1 Å². The molecular weight excluding hydrogens is 446 g/mol. The van der Waals surface area contributed by atoms with Gasteiger partial charge in [-0.05, 0) is 57.4 Å². The highest BCUT2D eigenvalue weighted by atomic mass is 32.1. The summed E-state index contributed by atoms with van der Waals surface area (Å²) in [6, 6.07) is 12.5. The van der Waals surface area contributed by atoms with Gasteiger partial charge in [-0.25, -0.2) is 0 Å². The number of thiophene rings is 1. The molecule has 0 aliphatic heterocycles. The number of anilines is 1. The van der Waals surface area contributed by atoms with Gasteiger partial charge in [0, 0.05) is 22.4 Å². The van der Waals surface area contributed by atoms with E-state index in [1.54, 1.807) is 13.0 Å². The molecule has 7 heteroatoms. The summed E-state index contributed by atoms with van der Waals surface area (Å²) in [6.07, 6.45) is 0. The minimum absolute atomic E-state index is 0.249. The normalized spacial score (nSPS) is 12.0. The van der Waals surface area contributed by atoms with E-state index in [9.17, 15) is 14.4 Å². The molecule has 0 radical (unpaired) electrons. The summed E-state index contributed by atoms with van der Waals surface area (Å²) in [5.41, 5.74) is 11.9. The van der Waals surface area contributed by atoms with Gasteiger partial charge < -0.3 is 11.1 Å². The molecule has 2 aromatic heterocycles. The van der Waals surface area contributed by atoms with Gasteiger partial charge in [-0.3, -0.25) is 19.0 Å². The molecule has 2 heterocycles.